The van der Waals surface area contributed by atoms with Crippen molar-refractivity contribution in [3.63, 3.8) is 0 Å². The molecule has 0 bridgehead atoms. The average molecular weight is 248 g/mol. The average Bonchev–Trinajstić information content (AvgIpc) is 2.47. The summed E-state index contributed by atoms with van der Waals surface area (Å²) < 4.78 is 0. The number of fused-ring (bicyclic) bond motifs is 1. The molecule has 0 fully saturated rings. The van der Waals surface area contributed by atoms with Crippen LogP contribution in [-0.2, 0) is 6.42 Å². The lowest BCUT2D eigenvalue weighted by Gasteiger charge is -2.20. The molecule has 0 unspecified atom stereocenters. The van der Waals surface area contributed by atoms with Gasteiger partial charge in [-0.1, -0.05) is 30.4 Å². The van der Waals surface area contributed by atoms with Gasteiger partial charge in [0.15, 0.2) is 0 Å². The van der Waals surface area contributed by atoms with Crippen LogP contribution >= 0.6 is 12.2 Å². The van der Waals surface area contributed by atoms with Crippen LogP contribution in [0.25, 0.3) is 0 Å². The Morgan fingerprint density at radius 2 is 2.18 bits per heavy atom. The minimum absolute atomic E-state index is 0.106. The normalized spacial score (nSPS) is 15.3. The summed E-state index contributed by atoms with van der Waals surface area (Å²) in [6.45, 7) is 1.42. The van der Waals surface area contributed by atoms with Gasteiger partial charge in [-0.3, -0.25) is 4.79 Å². The second-order valence-corrected chi connectivity index (χ2v) is 4.79. The summed E-state index contributed by atoms with van der Waals surface area (Å²) in [5.41, 5.74) is 7.46. The predicted molar refractivity (Wildman–Crippen MR) is 72.1 cm³/mol. The molecule has 0 spiro atoms. The van der Waals surface area contributed by atoms with Gasteiger partial charge in [-0.05, 0) is 24.5 Å². The lowest BCUT2D eigenvalue weighted by atomic mass is 10.0. The fourth-order valence-electron chi connectivity index (χ4n) is 2.14. The van der Waals surface area contributed by atoms with Gasteiger partial charge in [-0.2, -0.15) is 0 Å². The van der Waals surface area contributed by atoms with Gasteiger partial charge in [0, 0.05) is 25.1 Å². The summed E-state index contributed by atoms with van der Waals surface area (Å²) in [6.07, 6.45) is 2.56. The molecule has 3 nitrogen and oxygen atoms in total. The molecule has 1 heterocycles. The first-order chi connectivity index (χ1) is 8.18. The number of rotatable bonds is 3. The minimum Gasteiger partial charge on any atom is -0.393 e. The van der Waals surface area contributed by atoms with E-state index in [1.54, 1.807) is 0 Å². The van der Waals surface area contributed by atoms with E-state index in [1.807, 2.05) is 29.2 Å². The highest BCUT2D eigenvalue weighted by Crippen LogP contribution is 2.18. The Morgan fingerprint density at radius 3 is 2.94 bits per heavy atom. The van der Waals surface area contributed by atoms with E-state index < -0.39 is 0 Å². The smallest absolute Gasteiger partial charge is 0.254 e. The zero-order valence-electron chi connectivity index (χ0n) is 9.69. The minimum atomic E-state index is 0.106. The zero-order chi connectivity index (χ0) is 12.3. The third-order valence-corrected chi connectivity index (χ3v) is 3.24. The number of benzene rings is 1. The van der Waals surface area contributed by atoms with Crippen molar-refractivity contribution in [2.75, 3.05) is 13.1 Å². The van der Waals surface area contributed by atoms with E-state index in [-0.39, 0.29) is 5.91 Å². The molecule has 1 aliphatic rings. The molecule has 0 aromatic heterocycles. The number of nitrogens with two attached hydrogens (primary N) is 1. The van der Waals surface area contributed by atoms with Crippen LogP contribution in [0, 0.1) is 0 Å². The van der Waals surface area contributed by atoms with Crippen molar-refractivity contribution in [1.82, 2.24) is 4.90 Å². The van der Waals surface area contributed by atoms with Gasteiger partial charge in [0.05, 0.1) is 4.99 Å². The summed E-state index contributed by atoms with van der Waals surface area (Å²) in [5, 5.41) is 0. The van der Waals surface area contributed by atoms with Crippen LogP contribution in [-0.4, -0.2) is 28.9 Å². The highest BCUT2D eigenvalue weighted by molar-refractivity contribution is 7.80. The van der Waals surface area contributed by atoms with Crippen molar-refractivity contribution in [2.24, 2.45) is 5.73 Å². The van der Waals surface area contributed by atoms with Crippen LogP contribution in [0.3, 0.4) is 0 Å². The predicted octanol–water partition coefficient (Wildman–Crippen LogP) is 1.75. The molecule has 1 aromatic carbocycles. The lowest BCUT2D eigenvalue weighted by Crippen LogP contribution is -2.33. The summed E-state index contributed by atoms with van der Waals surface area (Å²) in [7, 11) is 0. The number of aryl methyl sites for hydroxylation is 1. The van der Waals surface area contributed by atoms with Crippen LogP contribution < -0.4 is 5.73 Å². The molecule has 0 radical (unpaired) electrons. The van der Waals surface area contributed by atoms with E-state index in [0.29, 0.717) is 18.0 Å². The number of hydrogen-bond acceptors (Lipinski definition) is 2. The van der Waals surface area contributed by atoms with Crippen molar-refractivity contribution in [3.8, 4) is 0 Å². The zero-order valence-corrected chi connectivity index (χ0v) is 10.5. The SMILES string of the molecule is NC(=S)CCN1CCCc2ccccc2C1=O. The van der Waals surface area contributed by atoms with Crippen LogP contribution in [0.15, 0.2) is 24.3 Å². The first-order valence-corrected chi connectivity index (χ1v) is 6.25. The largest absolute Gasteiger partial charge is 0.393 e. The molecule has 2 N–H and O–H groups in total. The first-order valence-electron chi connectivity index (χ1n) is 5.84. The second-order valence-electron chi connectivity index (χ2n) is 4.27. The van der Waals surface area contributed by atoms with Crippen molar-refractivity contribution >= 4 is 23.1 Å². The molecule has 0 saturated carbocycles. The number of carbonyl (C=O) groups is 1. The lowest BCUT2D eigenvalue weighted by molar-refractivity contribution is 0.0765. The molecule has 90 valence electrons. The van der Waals surface area contributed by atoms with E-state index in [4.69, 9.17) is 18.0 Å². The molecule has 1 amide bonds. The van der Waals surface area contributed by atoms with E-state index in [0.717, 1.165) is 30.5 Å². The summed E-state index contributed by atoms with van der Waals surface area (Å²) in [4.78, 5) is 14.6. The second kappa shape index (κ2) is 5.27. The number of nitrogens with zero attached hydrogens (tertiary/aromatic N) is 1. The van der Waals surface area contributed by atoms with Gasteiger partial charge in [0.1, 0.15) is 0 Å². The monoisotopic (exact) mass is 248 g/mol. The summed E-state index contributed by atoms with van der Waals surface area (Å²) in [6, 6.07) is 7.83. The first kappa shape index (κ1) is 12.0. The molecule has 1 aliphatic heterocycles. The fraction of sp³-hybridized carbons (Fsp3) is 0.385. The van der Waals surface area contributed by atoms with Crippen molar-refractivity contribution in [2.45, 2.75) is 19.3 Å². The Labute approximate surface area is 107 Å². The van der Waals surface area contributed by atoms with Crippen LogP contribution in [0.1, 0.15) is 28.8 Å². The van der Waals surface area contributed by atoms with E-state index in [2.05, 4.69) is 0 Å². The van der Waals surface area contributed by atoms with Crippen molar-refractivity contribution in [3.05, 3.63) is 35.4 Å². The van der Waals surface area contributed by atoms with Gasteiger partial charge in [-0.15, -0.1) is 0 Å². The molecular weight excluding hydrogens is 232 g/mol. The molecule has 1 aromatic rings. The Hall–Kier alpha value is -1.42. The standard InChI is InChI=1S/C13H16N2OS/c14-12(17)7-9-15-8-3-5-10-4-1-2-6-11(10)13(15)16/h1-2,4,6H,3,5,7-9H2,(H2,14,17). The quantitative estimate of drug-likeness (QED) is 0.829. The third kappa shape index (κ3) is 2.82. The highest BCUT2D eigenvalue weighted by Gasteiger charge is 2.21. The fourth-order valence-corrected chi connectivity index (χ4v) is 2.23. The maximum Gasteiger partial charge on any atom is 0.254 e. The van der Waals surface area contributed by atoms with Crippen LogP contribution in [0.2, 0.25) is 0 Å². The Bertz CT molecular complexity index is 445. The van der Waals surface area contributed by atoms with E-state index >= 15 is 0 Å². The molecule has 0 saturated heterocycles. The number of amides is 1. The van der Waals surface area contributed by atoms with E-state index in [1.165, 1.54) is 0 Å². The topological polar surface area (TPSA) is 46.3 Å². The third-order valence-electron chi connectivity index (χ3n) is 3.04. The number of carbonyl (C=O) groups excluding carboxylic acids is 1. The Morgan fingerprint density at radius 1 is 1.41 bits per heavy atom. The molecule has 4 heteroatoms. The van der Waals surface area contributed by atoms with Gasteiger partial charge in [0.25, 0.3) is 5.91 Å². The molecular formula is C13H16N2OS. The van der Waals surface area contributed by atoms with Gasteiger partial charge >= 0.3 is 0 Å². The summed E-state index contributed by atoms with van der Waals surface area (Å²) >= 11 is 4.85. The highest BCUT2D eigenvalue weighted by atomic mass is 32.1. The van der Waals surface area contributed by atoms with Gasteiger partial charge < -0.3 is 10.6 Å². The van der Waals surface area contributed by atoms with Gasteiger partial charge in [0.2, 0.25) is 0 Å². The Balaban J connectivity index is 2.17. The molecule has 17 heavy (non-hydrogen) atoms. The maximum absolute atomic E-state index is 12.3. The van der Waals surface area contributed by atoms with Crippen LogP contribution in [0.4, 0.5) is 0 Å². The van der Waals surface area contributed by atoms with Crippen molar-refractivity contribution < 1.29 is 4.79 Å². The molecule has 0 atom stereocenters. The molecule has 2 rings (SSSR count). The van der Waals surface area contributed by atoms with E-state index in [9.17, 15) is 4.79 Å². The number of hydrogen-bond donors (Lipinski definition) is 1. The molecule has 0 aliphatic carbocycles. The van der Waals surface area contributed by atoms with Crippen molar-refractivity contribution in [1.29, 1.82) is 0 Å². The summed E-state index contributed by atoms with van der Waals surface area (Å²) in [5.74, 6) is 0.106. The Kier molecular flexibility index (Phi) is 3.74. The van der Waals surface area contributed by atoms with Crippen LogP contribution in [0.5, 0.6) is 0 Å². The van der Waals surface area contributed by atoms with Gasteiger partial charge in [-0.25, -0.2) is 0 Å². The maximum atomic E-state index is 12.3. The number of thiocarbonyl (C=S) groups is 1.